The number of rotatable bonds is 5. The number of hydrogen-bond donors (Lipinski definition) is 1. The fraction of sp³-hybridized carbons (Fsp3) is 0.438. The van der Waals surface area contributed by atoms with Crippen LogP contribution in [0.4, 0.5) is 0 Å². The van der Waals surface area contributed by atoms with Gasteiger partial charge in [0.25, 0.3) is 0 Å². The van der Waals surface area contributed by atoms with E-state index in [2.05, 4.69) is 62.5 Å². The first kappa shape index (κ1) is 13.8. The van der Waals surface area contributed by atoms with Crippen molar-refractivity contribution in [3.05, 3.63) is 52.3 Å². The molecule has 0 saturated carbocycles. The molecule has 1 aromatic carbocycles. The summed E-state index contributed by atoms with van der Waals surface area (Å²) < 4.78 is 2.04. The first-order valence-corrected chi connectivity index (χ1v) is 6.89. The van der Waals surface area contributed by atoms with E-state index in [1.165, 1.54) is 22.3 Å². The molecule has 19 heavy (non-hydrogen) atoms. The first-order chi connectivity index (χ1) is 9.08. The molecular formula is C16H23N3. The molecule has 0 radical (unpaired) electrons. The van der Waals surface area contributed by atoms with Crippen LogP contribution in [-0.2, 0) is 13.1 Å². The van der Waals surface area contributed by atoms with Crippen LogP contribution in [0.25, 0.3) is 0 Å². The van der Waals surface area contributed by atoms with Crippen LogP contribution in [0.1, 0.15) is 34.9 Å². The van der Waals surface area contributed by atoms with E-state index in [1.54, 1.807) is 0 Å². The Labute approximate surface area is 115 Å². The summed E-state index contributed by atoms with van der Waals surface area (Å²) in [5.74, 6) is 0. The van der Waals surface area contributed by atoms with E-state index in [-0.39, 0.29) is 0 Å². The molecule has 1 aromatic heterocycles. The van der Waals surface area contributed by atoms with Crippen LogP contribution < -0.4 is 5.32 Å². The van der Waals surface area contributed by atoms with Crippen LogP contribution in [0.2, 0.25) is 0 Å². The number of aromatic nitrogens is 2. The lowest BCUT2D eigenvalue weighted by Crippen LogP contribution is -2.11. The number of hydrogen-bond acceptors (Lipinski definition) is 2. The molecule has 3 heteroatoms. The number of aryl methyl sites for hydroxylation is 3. The average Bonchev–Trinajstić information content (AvgIpc) is 2.65. The molecule has 0 amide bonds. The molecule has 0 saturated heterocycles. The highest BCUT2D eigenvalue weighted by Gasteiger charge is 2.05. The van der Waals surface area contributed by atoms with Crippen molar-refractivity contribution in [3.63, 3.8) is 0 Å². The smallest absolute Gasteiger partial charge is 0.0659 e. The second-order valence-electron chi connectivity index (χ2n) is 5.21. The number of nitrogens with one attached hydrogen (secondary N) is 1. The predicted octanol–water partition coefficient (Wildman–Crippen LogP) is 2.97. The van der Waals surface area contributed by atoms with Crippen molar-refractivity contribution in [1.82, 2.24) is 15.1 Å². The van der Waals surface area contributed by atoms with Gasteiger partial charge in [0.2, 0.25) is 0 Å². The summed E-state index contributed by atoms with van der Waals surface area (Å²) in [6, 6.07) is 6.66. The van der Waals surface area contributed by atoms with Crippen LogP contribution in [0.15, 0.2) is 24.4 Å². The zero-order valence-electron chi connectivity index (χ0n) is 12.3. The molecule has 0 atom stereocenters. The van der Waals surface area contributed by atoms with Crippen molar-refractivity contribution in [2.24, 2.45) is 0 Å². The molecule has 0 aliphatic carbocycles. The molecular weight excluding hydrogens is 234 g/mol. The van der Waals surface area contributed by atoms with E-state index in [0.29, 0.717) is 0 Å². The van der Waals surface area contributed by atoms with Gasteiger partial charge >= 0.3 is 0 Å². The lowest BCUT2D eigenvalue weighted by molar-refractivity contribution is 0.677. The topological polar surface area (TPSA) is 29.9 Å². The lowest BCUT2D eigenvalue weighted by Gasteiger charge is -2.05. The minimum absolute atomic E-state index is 0.843. The van der Waals surface area contributed by atoms with Crippen LogP contribution in [0.5, 0.6) is 0 Å². The minimum atomic E-state index is 0.843. The zero-order chi connectivity index (χ0) is 13.8. The predicted molar refractivity (Wildman–Crippen MR) is 79.4 cm³/mol. The fourth-order valence-electron chi connectivity index (χ4n) is 2.42. The van der Waals surface area contributed by atoms with Crippen molar-refractivity contribution >= 4 is 0 Å². The first-order valence-electron chi connectivity index (χ1n) is 6.89. The molecule has 0 aliphatic heterocycles. The highest BCUT2D eigenvalue weighted by atomic mass is 15.3. The van der Waals surface area contributed by atoms with Crippen LogP contribution in [0.3, 0.4) is 0 Å². The summed E-state index contributed by atoms with van der Waals surface area (Å²) in [4.78, 5) is 0. The van der Waals surface area contributed by atoms with E-state index in [9.17, 15) is 0 Å². The van der Waals surface area contributed by atoms with Gasteiger partial charge in [-0.25, -0.2) is 0 Å². The average molecular weight is 257 g/mol. The molecule has 0 bridgehead atoms. The molecule has 3 nitrogen and oxygen atoms in total. The molecule has 0 unspecified atom stereocenters. The summed E-state index contributed by atoms with van der Waals surface area (Å²) >= 11 is 0. The summed E-state index contributed by atoms with van der Waals surface area (Å²) in [6.45, 7) is 11.2. The van der Waals surface area contributed by atoms with Crippen LogP contribution >= 0.6 is 0 Å². The van der Waals surface area contributed by atoms with Crippen LogP contribution in [0, 0.1) is 20.8 Å². The Kier molecular flexibility index (Phi) is 4.38. The summed E-state index contributed by atoms with van der Waals surface area (Å²) in [5, 5.41) is 7.94. The zero-order valence-corrected chi connectivity index (χ0v) is 12.3. The van der Waals surface area contributed by atoms with Gasteiger partial charge in [0.05, 0.1) is 12.2 Å². The van der Waals surface area contributed by atoms with Gasteiger partial charge in [-0.3, -0.25) is 4.68 Å². The quantitative estimate of drug-likeness (QED) is 0.892. The Morgan fingerprint density at radius 3 is 2.42 bits per heavy atom. The Balaban J connectivity index is 2.14. The van der Waals surface area contributed by atoms with Crippen molar-refractivity contribution < 1.29 is 0 Å². The van der Waals surface area contributed by atoms with Gasteiger partial charge in [-0.2, -0.15) is 5.10 Å². The maximum atomic E-state index is 4.59. The van der Waals surface area contributed by atoms with Gasteiger partial charge < -0.3 is 5.32 Å². The van der Waals surface area contributed by atoms with Gasteiger partial charge in [-0.1, -0.05) is 36.2 Å². The molecule has 2 rings (SSSR count). The van der Waals surface area contributed by atoms with Gasteiger partial charge in [-0.05, 0) is 32.9 Å². The highest BCUT2D eigenvalue weighted by Crippen LogP contribution is 2.12. The number of nitrogens with zero attached hydrogens (tertiary/aromatic N) is 2. The van der Waals surface area contributed by atoms with Crippen molar-refractivity contribution in [3.8, 4) is 0 Å². The van der Waals surface area contributed by atoms with Gasteiger partial charge in [0, 0.05) is 18.3 Å². The Bertz CT molecular complexity index is 535. The summed E-state index contributed by atoms with van der Waals surface area (Å²) in [5.41, 5.74) is 6.34. The second-order valence-corrected chi connectivity index (χ2v) is 5.21. The highest BCUT2D eigenvalue weighted by molar-refractivity contribution is 5.29. The van der Waals surface area contributed by atoms with Crippen molar-refractivity contribution in [2.75, 3.05) is 6.54 Å². The third kappa shape index (κ3) is 3.67. The third-order valence-electron chi connectivity index (χ3n) is 3.24. The van der Waals surface area contributed by atoms with Crippen molar-refractivity contribution in [2.45, 2.75) is 40.8 Å². The van der Waals surface area contributed by atoms with E-state index in [1.807, 2.05) is 4.68 Å². The molecule has 1 N–H and O–H groups in total. The van der Waals surface area contributed by atoms with E-state index in [4.69, 9.17) is 0 Å². The minimum Gasteiger partial charge on any atom is -0.313 e. The van der Waals surface area contributed by atoms with E-state index in [0.717, 1.165) is 25.3 Å². The Morgan fingerprint density at radius 2 is 1.79 bits per heavy atom. The van der Waals surface area contributed by atoms with Gasteiger partial charge in [-0.15, -0.1) is 0 Å². The molecule has 0 aliphatic rings. The molecule has 102 valence electrons. The van der Waals surface area contributed by atoms with E-state index < -0.39 is 0 Å². The second kappa shape index (κ2) is 6.02. The monoisotopic (exact) mass is 257 g/mol. The third-order valence-corrected chi connectivity index (χ3v) is 3.24. The Hall–Kier alpha value is -1.61. The SMILES string of the molecule is CCNCc1cn(Cc2cc(C)cc(C)c2)nc1C. The van der Waals surface area contributed by atoms with Crippen molar-refractivity contribution in [1.29, 1.82) is 0 Å². The number of benzene rings is 1. The Morgan fingerprint density at radius 1 is 1.11 bits per heavy atom. The largest absolute Gasteiger partial charge is 0.313 e. The normalized spacial score (nSPS) is 10.9. The molecule has 0 spiro atoms. The van der Waals surface area contributed by atoms with E-state index >= 15 is 0 Å². The molecule has 0 fully saturated rings. The van der Waals surface area contributed by atoms with Crippen LogP contribution in [-0.4, -0.2) is 16.3 Å². The molecule has 1 heterocycles. The fourth-order valence-corrected chi connectivity index (χ4v) is 2.42. The summed E-state index contributed by atoms with van der Waals surface area (Å²) in [7, 11) is 0. The maximum absolute atomic E-state index is 4.59. The lowest BCUT2D eigenvalue weighted by atomic mass is 10.1. The van der Waals surface area contributed by atoms with Gasteiger partial charge in [0.1, 0.15) is 0 Å². The maximum Gasteiger partial charge on any atom is 0.0659 e. The molecule has 2 aromatic rings. The summed E-state index contributed by atoms with van der Waals surface area (Å²) in [6.07, 6.45) is 2.15. The standard InChI is InChI=1S/C16H23N3/c1-5-17-9-16-11-19(18-14(16)4)10-15-7-12(2)6-13(3)8-15/h6-8,11,17H,5,9-10H2,1-4H3. The van der Waals surface area contributed by atoms with Gasteiger partial charge in [0.15, 0.2) is 0 Å².